The molecular formula is C13H17BrClNO. The van der Waals surface area contributed by atoms with Crippen LogP contribution < -0.4 is 5.32 Å². The van der Waals surface area contributed by atoms with Gasteiger partial charge in [0.15, 0.2) is 0 Å². The van der Waals surface area contributed by atoms with Crippen LogP contribution in [-0.2, 0) is 11.3 Å². The molecule has 1 aromatic carbocycles. The molecule has 2 atom stereocenters. The molecule has 1 aliphatic rings. The van der Waals surface area contributed by atoms with E-state index in [1.54, 1.807) is 7.11 Å². The standard InChI is InChI=1S/C13H17BrClNO/c1-17-11-4-3-10(7-11)16-8-9-2-5-13(15)12(14)6-9/h2,5-6,10-11,16H,3-4,7-8H2,1H3. The highest BCUT2D eigenvalue weighted by molar-refractivity contribution is 9.10. The van der Waals surface area contributed by atoms with Crippen molar-refractivity contribution < 1.29 is 4.74 Å². The summed E-state index contributed by atoms with van der Waals surface area (Å²) in [6.45, 7) is 0.886. The van der Waals surface area contributed by atoms with E-state index in [2.05, 4.69) is 33.4 Å². The van der Waals surface area contributed by atoms with Gasteiger partial charge in [-0.05, 0) is 52.9 Å². The van der Waals surface area contributed by atoms with Gasteiger partial charge < -0.3 is 10.1 Å². The Morgan fingerprint density at radius 3 is 2.94 bits per heavy atom. The minimum Gasteiger partial charge on any atom is -0.381 e. The third-order valence-electron chi connectivity index (χ3n) is 3.30. The van der Waals surface area contributed by atoms with Crippen molar-refractivity contribution in [3.05, 3.63) is 33.3 Å². The molecule has 17 heavy (non-hydrogen) atoms. The summed E-state index contributed by atoms with van der Waals surface area (Å²) in [6, 6.07) is 6.63. The van der Waals surface area contributed by atoms with Gasteiger partial charge >= 0.3 is 0 Å². The van der Waals surface area contributed by atoms with E-state index in [9.17, 15) is 0 Å². The summed E-state index contributed by atoms with van der Waals surface area (Å²) in [6.07, 6.45) is 3.92. The van der Waals surface area contributed by atoms with Gasteiger partial charge in [-0.1, -0.05) is 17.7 Å². The largest absolute Gasteiger partial charge is 0.381 e. The van der Waals surface area contributed by atoms with Crippen molar-refractivity contribution in [2.75, 3.05) is 7.11 Å². The smallest absolute Gasteiger partial charge is 0.0586 e. The molecular weight excluding hydrogens is 302 g/mol. The Hall–Kier alpha value is -0.0900. The number of rotatable bonds is 4. The highest BCUT2D eigenvalue weighted by atomic mass is 79.9. The van der Waals surface area contributed by atoms with Crippen molar-refractivity contribution in [3.8, 4) is 0 Å². The second-order valence-corrected chi connectivity index (χ2v) is 5.76. The molecule has 1 aliphatic carbocycles. The number of hydrogen-bond donors (Lipinski definition) is 1. The Bertz CT molecular complexity index is 386. The van der Waals surface area contributed by atoms with Crippen LogP contribution in [0.25, 0.3) is 0 Å². The first kappa shape index (κ1) is 13.3. The van der Waals surface area contributed by atoms with Gasteiger partial charge in [0.05, 0.1) is 11.1 Å². The number of benzene rings is 1. The molecule has 1 aromatic rings. The van der Waals surface area contributed by atoms with Crippen molar-refractivity contribution in [2.45, 2.75) is 38.0 Å². The van der Waals surface area contributed by atoms with E-state index in [4.69, 9.17) is 16.3 Å². The Morgan fingerprint density at radius 1 is 1.47 bits per heavy atom. The van der Waals surface area contributed by atoms with Crippen LogP contribution in [0.4, 0.5) is 0 Å². The fourth-order valence-electron chi connectivity index (χ4n) is 2.25. The SMILES string of the molecule is COC1CCC(NCc2ccc(Cl)c(Br)c2)C1. The van der Waals surface area contributed by atoms with Gasteiger partial charge in [-0.2, -0.15) is 0 Å². The zero-order valence-corrected chi connectivity index (χ0v) is 12.2. The Labute approximate surface area is 116 Å². The predicted octanol–water partition coefficient (Wildman–Crippen LogP) is 3.76. The van der Waals surface area contributed by atoms with Crippen molar-refractivity contribution >= 4 is 27.5 Å². The summed E-state index contributed by atoms with van der Waals surface area (Å²) in [4.78, 5) is 0. The van der Waals surface area contributed by atoms with Crippen molar-refractivity contribution in [3.63, 3.8) is 0 Å². The average molecular weight is 319 g/mol. The fraction of sp³-hybridized carbons (Fsp3) is 0.538. The fourth-order valence-corrected chi connectivity index (χ4v) is 2.80. The van der Waals surface area contributed by atoms with E-state index in [-0.39, 0.29) is 0 Å². The minimum absolute atomic E-state index is 0.435. The Balaban J connectivity index is 1.84. The quantitative estimate of drug-likeness (QED) is 0.912. The van der Waals surface area contributed by atoms with E-state index in [1.807, 2.05) is 6.07 Å². The molecule has 0 radical (unpaired) electrons. The number of methoxy groups -OCH3 is 1. The molecule has 4 heteroatoms. The van der Waals surface area contributed by atoms with Gasteiger partial charge in [-0.3, -0.25) is 0 Å². The monoisotopic (exact) mass is 317 g/mol. The van der Waals surface area contributed by atoms with Crippen molar-refractivity contribution in [2.24, 2.45) is 0 Å². The van der Waals surface area contributed by atoms with Crippen LogP contribution in [0.3, 0.4) is 0 Å². The Morgan fingerprint density at radius 2 is 2.29 bits per heavy atom. The van der Waals surface area contributed by atoms with Gasteiger partial charge in [0.25, 0.3) is 0 Å². The van der Waals surface area contributed by atoms with E-state index in [0.717, 1.165) is 22.5 Å². The molecule has 2 nitrogen and oxygen atoms in total. The number of halogens is 2. The lowest BCUT2D eigenvalue weighted by molar-refractivity contribution is 0.107. The minimum atomic E-state index is 0.435. The molecule has 1 N–H and O–H groups in total. The van der Waals surface area contributed by atoms with Crippen LogP contribution in [-0.4, -0.2) is 19.3 Å². The van der Waals surface area contributed by atoms with Crippen LogP contribution in [0.5, 0.6) is 0 Å². The van der Waals surface area contributed by atoms with Crippen molar-refractivity contribution in [1.82, 2.24) is 5.32 Å². The maximum absolute atomic E-state index is 5.96. The highest BCUT2D eigenvalue weighted by Gasteiger charge is 2.23. The first-order valence-corrected chi connectivity index (χ1v) is 7.06. The normalized spacial score (nSPS) is 24.2. The molecule has 0 aromatic heterocycles. The Kier molecular flexibility index (Phi) is 4.86. The third kappa shape index (κ3) is 3.68. The summed E-state index contributed by atoms with van der Waals surface area (Å²) >= 11 is 9.40. The molecule has 0 spiro atoms. The number of nitrogens with one attached hydrogen (secondary N) is 1. The molecule has 0 amide bonds. The van der Waals surface area contributed by atoms with E-state index in [0.29, 0.717) is 12.1 Å². The van der Waals surface area contributed by atoms with Gasteiger partial charge in [0.1, 0.15) is 0 Å². The third-order valence-corrected chi connectivity index (χ3v) is 4.51. The maximum Gasteiger partial charge on any atom is 0.0586 e. The first-order chi connectivity index (χ1) is 8.19. The molecule has 1 fully saturated rings. The number of hydrogen-bond acceptors (Lipinski definition) is 2. The highest BCUT2D eigenvalue weighted by Crippen LogP contribution is 2.24. The lowest BCUT2D eigenvalue weighted by atomic mass is 10.2. The van der Waals surface area contributed by atoms with Crippen molar-refractivity contribution in [1.29, 1.82) is 0 Å². The molecule has 0 aliphatic heterocycles. The van der Waals surface area contributed by atoms with Crippen LogP contribution in [0.2, 0.25) is 5.02 Å². The average Bonchev–Trinajstić information content (AvgIpc) is 2.79. The summed E-state index contributed by atoms with van der Waals surface area (Å²) in [7, 11) is 1.79. The molecule has 2 rings (SSSR count). The van der Waals surface area contributed by atoms with Gasteiger partial charge in [0.2, 0.25) is 0 Å². The second kappa shape index (κ2) is 6.19. The van der Waals surface area contributed by atoms with Gasteiger partial charge in [-0.25, -0.2) is 0 Å². The second-order valence-electron chi connectivity index (χ2n) is 4.50. The maximum atomic E-state index is 5.96. The first-order valence-electron chi connectivity index (χ1n) is 5.89. The zero-order valence-electron chi connectivity index (χ0n) is 9.88. The summed E-state index contributed by atoms with van der Waals surface area (Å²) in [5.41, 5.74) is 1.25. The van der Waals surface area contributed by atoms with Gasteiger partial charge in [-0.15, -0.1) is 0 Å². The van der Waals surface area contributed by atoms with Crippen LogP contribution in [0.15, 0.2) is 22.7 Å². The number of ether oxygens (including phenoxy) is 1. The molecule has 2 unspecified atom stereocenters. The molecule has 0 saturated heterocycles. The molecule has 0 heterocycles. The predicted molar refractivity (Wildman–Crippen MR) is 74.4 cm³/mol. The molecule has 1 saturated carbocycles. The molecule has 94 valence electrons. The lowest BCUT2D eigenvalue weighted by Crippen LogP contribution is -2.26. The topological polar surface area (TPSA) is 21.3 Å². The van der Waals surface area contributed by atoms with E-state index >= 15 is 0 Å². The zero-order chi connectivity index (χ0) is 12.3. The summed E-state index contributed by atoms with van der Waals surface area (Å²) in [5.74, 6) is 0. The molecule has 0 bridgehead atoms. The van der Waals surface area contributed by atoms with E-state index in [1.165, 1.54) is 18.4 Å². The van der Waals surface area contributed by atoms with Crippen LogP contribution in [0, 0.1) is 0 Å². The summed E-state index contributed by atoms with van der Waals surface area (Å²) < 4.78 is 6.32. The van der Waals surface area contributed by atoms with E-state index < -0.39 is 0 Å². The van der Waals surface area contributed by atoms with Crippen LogP contribution >= 0.6 is 27.5 Å². The lowest BCUT2D eigenvalue weighted by Gasteiger charge is -2.13. The summed E-state index contributed by atoms with van der Waals surface area (Å²) in [5, 5.41) is 4.32. The van der Waals surface area contributed by atoms with Crippen LogP contribution in [0.1, 0.15) is 24.8 Å². The van der Waals surface area contributed by atoms with Gasteiger partial charge in [0, 0.05) is 24.2 Å².